The minimum atomic E-state index is -2.48. The molecule has 1 unspecified atom stereocenters. The molecule has 21 heavy (non-hydrogen) atoms. The number of aliphatic carboxylic acids is 1. The number of rotatable bonds is 5. The van der Waals surface area contributed by atoms with E-state index >= 15 is 0 Å². The van der Waals surface area contributed by atoms with E-state index in [9.17, 15) is 14.0 Å². The third-order valence-electron chi connectivity index (χ3n) is 3.63. The molecule has 1 aliphatic heterocycles. The van der Waals surface area contributed by atoms with E-state index in [1.807, 2.05) is 18.2 Å². The first-order valence-electron chi connectivity index (χ1n) is 7.00. The second kappa shape index (κ2) is 7.17. The van der Waals surface area contributed by atoms with E-state index in [-0.39, 0.29) is 6.04 Å². The van der Waals surface area contributed by atoms with Crippen LogP contribution in [0.4, 0.5) is 4.39 Å². The summed E-state index contributed by atoms with van der Waals surface area (Å²) in [5.41, 5.74) is 1.23. The monoisotopic (exact) mass is 294 g/mol. The van der Waals surface area contributed by atoms with Crippen molar-refractivity contribution in [3.63, 3.8) is 0 Å². The molecule has 1 aliphatic rings. The Morgan fingerprint density at radius 3 is 2.48 bits per heavy atom. The average molecular weight is 294 g/mol. The lowest BCUT2D eigenvalue weighted by atomic mass is 10.0. The molecule has 1 aromatic carbocycles. The smallest absolute Gasteiger partial charge is 0.348 e. The summed E-state index contributed by atoms with van der Waals surface area (Å²) in [5, 5.41) is 10.9. The number of amides is 1. The Bertz CT molecular complexity index is 487. The molecular weight excluding hydrogens is 275 g/mol. The molecule has 1 amide bonds. The Labute approximate surface area is 122 Å². The van der Waals surface area contributed by atoms with Gasteiger partial charge in [-0.2, -0.15) is 0 Å². The number of carboxylic acid groups (broad SMARTS) is 1. The number of hydrogen-bond donors (Lipinski definition) is 2. The first-order chi connectivity index (χ1) is 10.1. The Morgan fingerprint density at radius 1 is 1.29 bits per heavy atom. The van der Waals surface area contributed by atoms with Crippen LogP contribution in [0.5, 0.6) is 0 Å². The molecule has 1 aromatic rings. The minimum Gasteiger partial charge on any atom is -0.479 e. The van der Waals surface area contributed by atoms with Crippen LogP contribution in [0, 0.1) is 0 Å². The number of carbonyl (C=O) groups is 2. The fraction of sp³-hybridized carbons (Fsp3) is 0.467. The molecule has 0 saturated carbocycles. The predicted octanol–water partition coefficient (Wildman–Crippen LogP) is 1.19. The van der Waals surface area contributed by atoms with E-state index in [2.05, 4.69) is 22.3 Å². The van der Waals surface area contributed by atoms with Gasteiger partial charge < -0.3 is 10.4 Å². The van der Waals surface area contributed by atoms with Crippen molar-refractivity contribution in [1.82, 2.24) is 10.2 Å². The summed E-state index contributed by atoms with van der Waals surface area (Å²) in [4.78, 5) is 24.0. The average Bonchev–Trinajstić information content (AvgIpc) is 2.49. The van der Waals surface area contributed by atoms with E-state index in [4.69, 9.17) is 5.11 Å². The molecule has 0 bridgehead atoms. The highest BCUT2D eigenvalue weighted by Gasteiger charge is 2.28. The van der Waals surface area contributed by atoms with Crippen molar-refractivity contribution < 1.29 is 19.1 Å². The van der Waals surface area contributed by atoms with Gasteiger partial charge in [0.1, 0.15) is 0 Å². The summed E-state index contributed by atoms with van der Waals surface area (Å²) in [6.07, 6.45) is -1.08. The van der Waals surface area contributed by atoms with Gasteiger partial charge in [-0.25, -0.2) is 9.18 Å². The maximum Gasteiger partial charge on any atom is 0.348 e. The van der Waals surface area contributed by atoms with E-state index in [0.29, 0.717) is 12.8 Å². The number of piperidine rings is 1. The molecule has 0 spiro atoms. The number of benzene rings is 1. The Morgan fingerprint density at radius 2 is 1.90 bits per heavy atom. The number of likely N-dealkylation sites (tertiary alicyclic amines) is 1. The Hall–Kier alpha value is -1.95. The lowest BCUT2D eigenvalue weighted by Gasteiger charge is -2.32. The fourth-order valence-corrected chi connectivity index (χ4v) is 2.46. The molecule has 5 nitrogen and oxygen atoms in total. The van der Waals surface area contributed by atoms with Gasteiger partial charge in [0, 0.05) is 25.7 Å². The zero-order chi connectivity index (χ0) is 15.2. The van der Waals surface area contributed by atoms with Crippen LogP contribution in [-0.2, 0) is 16.1 Å². The number of carbonyl (C=O) groups excluding carboxylic acids is 1. The van der Waals surface area contributed by atoms with Gasteiger partial charge in [0.15, 0.2) is 0 Å². The summed E-state index contributed by atoms with van der Waals surface area (Å²) < 4.78 is 13.0. The molecule has 1 fully saturated rings. The fourth-order valence-electron chi connectivity index (χ4n) is 2.46. The van der Waals surface area contributed by atoms with Crippen LogP contribution in [0.1, 0.15) is 18.4 Å². The predicted molar refractivity (Wildman–Crippen MR) is 75.4 cm³/mol. The van der Waals surface area contributed by atoms with Crippen LogP contribution < -0.4 is 5.32 Å². The number of hydrogen-bond acceptors (Lipinski definition) is 3. The van der Waals surface area contributed by atoms with Crippen molar-refractivity contribution in [1.29, 1.82) is 0 Å². The summed E-state index contributed by atoms with van der Waals surface area (Å²) in [7, 11) is 0. The topological polar surface area (TPSA) is 69.6 Å². The number of carboxylic acids is 1. The summed E-state index contributed by atoms with van der Waals surface area (Å²) in [5.74, 6) is -2.79. The minimum absolute atomic E-state index is 0.151. The van der Waals surface area contributed by atoms with Crippen molar-refractivity contribution in [3.05, 3.63) is 35.9 Å². The zero-order valence-electron chi connectivity index (χ0n) is 11.7. The highest BCUT2D eigenvalue weighted by atomic mass is 19.1. The molecule has 0 aliphatic carbocycles. The zero-order valence-corrected chi connectivity index (χ0v) is 11.7. The molecule has 2 rings (SSSR count). The molecule has 0 aromatic heterocycles. The SMILES string of the molecule is O=C(O)C(F)C(=O)NC1CCN(Cc2ccccc2)CC1. The van der Waals surface area contributed by atoms with Gasteiger partial charge in [-0.1, -0.05) is 30.3 Å². The highest BCUT2D eigenvalue weighted by Crippen LogP contribution is 2.14. The molecule has 114 valence electrons. The molecule has 1 saturated heterocycles. The number of nitrogens with zero attached hydrogens (tertiary/aromatic N) is 1. The summed E-state index contributed by atoms with van der Waals surface area (Å²) in [6, 6.07) is 9.94. The van der Waals surface area contributed by atoms with Crippen LogP contribution in [0.25, 0.3) is 0 Å². The van der Waals surface area contributed by atoms with Crippen LogP contribution in [0.3, 0.4) is 0 Å². The van der Waals surface area contributed by atoms with Gasteiger partial charge in [-0.05, 0) is 18.4 Å². The van der Waals surface area contributed by atoms with Crippen molar-refractivity contribution in [3.8, 4) is 0 Å². The van der Waals surface area contributed by atoms with Crippen LogP contribution in [0.2, 0.25) is 0 Å². The van der Waals surface area contributed by atoms with E-state index in [1.54, 1.807) is 0 Å². The van der Waals surface area contributed by atoms with Crippen LogP contribution in [-0.4, -0.2) is 47.2 Å². The maximum atomic E-state index is 13.0. The molecule has 6 heteroatoms. The largest absolute Gasteiger partial charge is 0.479 e. The van der Waals surface area contributed by atoms with Crippen LogP contribution in [0.15, 0.2) is 30.3 Å². The van der Waals surface area contributed by atoms with Crippen molar-refractivity contribution >= 4 is 11.9 Å². The van der Waals surface area contributed by atoms with Crippen molar-refractivity contribution in [2.75, 3.05) is 13.1 Å². The second-order valence-corrected chi connectivity index (χ2v) is 5.25. The van der Waals surface area contributed by atoms with Gasteiger partial charge in [0.25, 0.3) is 12.1 Å². The van der Waals surface area contributed by atoms with Gasteiger partial charge >= 0.3 is 5.97 Å². The molecular formula is C15H19FN2O3. The van der Waals surface area contributed by atoms with E-state index in [0.717, 1.165) is 19.6 Å². The van der Waals surface area contributed by atoms with Gasteiger partial charge in [0.05, 0.1) is 0 Å². The number of nitrogens with one attached hydrogen (secondary N) is 1. The third-order valence-corrected chi connectivity index (χ3v) is 3.63. The second-order valence-electron chi connectivity index (χ2n) is 5.25. The van der Waals surface area contributed by atoms with Crippen molar-refractivity contribution in [2.45, 2.75) is 31.6 Å². The molecule has 2 N–H and O–H groups in total. The van der Waals surface area contributed by atoms with Crippen LogP contribution >= 0.6 is 0 Å². The van der Waals surface area contributed by atoms with Gasteiger partial charge in [-0.3, -0.25) is 9.69 Å². The van der Waals surface area contributed by atoms with E-state index < -0.39 is 18.0 Å². The number of halogens is 1. The van der Waals surface area contributed by atoms with Gasteiger partial charge in [0.2, 0.25) is 0 Å². The first-order valence-corrected chi connectivity index (χ1v) is 7.00. The lowest BCUT2D eigenvalue weighted by molar-refractivity contribution is -0.148. The summed E-state index contributed by atoms with van der Waals surface area (Å²) >= 11 is 0. The highest BCUT2D eigenvalue weighted by molar-refractivity contribution is 5.99. The first kappa shape index (κ1) is 15.4. The Kier molecular flexibility index (Phi) is 5.27. The van der Waals surface area contributed by atoms with Crippen molar-refractivity contribution in [2.24, 2.45) is 0 Å². The maximum absolute atomic E-state index is 13.0. The molecule has 1 heterocycles. The standard InChI is InChI=1S/C15H19FN2O3/c16-13(15(20)21)14(19)17-12-6-8-18(9-7-12)10-11-4-2-1-3-5-11/h1-5,12-13H,6-10H2,(H,17,19)(H,20,21). The third kappa shape index (κ3) is 4.53. The normalized spacial score (nSPS) is 18.1. The Balaban J connectivity index is 1.76. The molecule has 0 radical (unpaired) electrons. The lowest BCUT2D eigenvalue weighted by Crippen LogP contribution is -2.48. The van der Waals surface area contributed by atoms with Gasteiger partial charge in [-0.15, -0.1) is 0 Å². The number of alkyl halides is 1. The summed E-state index contributed by atoms with van der Waals surface area (Å²) in [6.45, 7) is 2.44. The van der Waals surface area contributed by atoms with E-state index in [1.165, 1.54) is 5.56 Å². The molecule has 1 atom stereocenters. The quantitative estimate of drug-likeness (QED) is 0.800.